The van der Waals surface area contributed by atoms with Gasteiger partial charge in [0.15, 0.2) is 16.6 Å². The van der Waals surface area contributed by atoms with Gasteiger partial charge in [0.25, 0.3) is 5.91 Å². The van der Waals surface area contributed by atoms with Crippen LogP contribution in [0.5, 0.6) is 23.0 Å². The zero-order valence-corrected chi connectivity index (χ0v) is 18.8. The summed E-state index contributed by atoms with van der Waals surface area (Å²) < 4.78 is 21.2. The lowest BCUT2D eigenvalue weighted by atomic mass is 10.1. The zero-order chi connectivity index (χ0) is 22.9. The van der Waals surface area contributed by atoms with Gasteiger partial charge in [-0.25, -0.2) is 4.98 Å². The van der Waals surface area contributed by atoms with E-state index in [-0.39, 0.29) is 18.6 Å². The summed E-state index contributed by atoms with van der Waals surface area (Å²) in [4.78, 5) is 31.3. The molecule has 1 aromatic heterocycles. The number of nitrogens with one attached hydrogen (secondary N) is 2. The molecule has 1 aliphatic carbocycles. The summed E-state index contributed by atoms with van der Waals surface area (Å²) in [6, 6.07) is 10.2. The Morgan fingerprint density at radius 2 is 1.91 bits per heavy atom. The van der Waals surface area contributed by atoms with Crippen LogP contribution in [0.4, 0.5) is 10.8 Å². The van der Waals surface area contributed by atoms with Crippen molar-refractivity contribution in [2.75, 3.05) is 31.6 Å². The van der Waals surface area contributed by atoms with Crippen molar-refractivity contribution in [1.29, 1.82) is 0 Å². The van der Waals surface area contributed by atoms with E-state index in [4.69, 9.17) is 18.9 Å². The third kappa shape index (κ3) is 4.05. The van der Waals surface area contributed by atoms with Crippen LogP contribution in [0.15, 0.2) is 36.4 Å². The highest BCUT2D eigenvalue weighted by Crippen LogP contribution is 2.40. The van der Waals surface area contributed by atoms with Crippen LogP contribution >= 0.6 is 11.3 Å². The molecule has 10 heteroatoms. The van der Waals surface area contributed by atoms with Gasteiger partial charge in [-0.1, -0.05) is 0 Å². The second-order valence-electron chi connectivity index (χ2n) is 7.50. The highest BCUT2D eigenvalue weighted by atomic mass is 32.1. The Labute approximate surface area is 193 Å². The predicted molar refractivity (Wildman–Crippen MR) is 122 cm³/mol. The lowest BCUT2D eigenvalue weighted by Crippen LogP contribution is -2.20. The number of thiazole rings is 1. The second-order valence-corrected chi connectivity index (χ2v) is 8.58. The molecule has 0 bridgehead atoms. The average Bonchev–Trinajstić information content (AvgIpc) is 3.54. The number of carbonyl (C=O) groups is 2. The number of benzene rings is 2. The molecule has 5 rings (SSSR count). The molecule has 2 heterocycles. The van der Waals surface area contributed by atoms with Gasteiger partial charge in [-0.2, -0.15) is 0 Å². The molecule has 2 aliphatic rings. The fourth-order valence-electron chi connectivity index (χ4n) is 3.86. The van der Waals surface area contributed by atoms with E-state index in [9.17, 15) is 9.59 Å². The van der Waals surface area contributed by atoms with E-state index in [2.05, 4.69) is 15.6 Å². The summed E-state index contributed by atoms with van der Waals surface area (Å²) >= 11 is 1.39. The van der Waals surface area contributed by atoms with Gasteiger partial charge in [-0.15, -0.1) is 11.3 Å². The number of aromatic nitrogens is 1. The Morgan fingerprint density at radius 3 is 2.73 bits per heavy atom. The van der Waals surface area contributed by atoms with Gasteiger partial charge in [-0.3, -0.25) is 14.9 Å². The van der Waals surface area contributed by atoms with Crippen LogP contribution in [0.1, 0.15) is 33.3 Å². The second kappa shape index (κ2) is 8.62. The van der Waals surface area contributed by atoms with Crippen LogP contribution in [0, 0.1) is 0 Å². The molecule has 0 saturated carbocycles. The van der Waals surface area contributed by atoms with Crippen molar-refractivity contribution in [3.63, 3.8) is 0 Å². The number of amides is 2. The molecule has 170 valence electrons. The first kappa shape index (κ1) is 21.1. The quantitative estimate of drug-likeness (QED) is 0.568. The van der Waals surface area contributed by atoms with Crippen LogP contribution in [0.3, 0.4) is 0 Å². The Morgan fingerprint density at radius 1 is 1.06 bits per heavy atom. The van der Waals surface area contributed by atoms with Gasteiger partial charge < -0.3 is 24.3 Å². The molecular weight excluding hydrogens is 446 g/mol. The van der Waals surface area contributed by atoms with Gasteiger partial charge >= 0.3 is 0 Å². The van der Waals surface area contributed by atoms with E-state index in [0.717, 1.165) is 11.3 Å². The first-order valence-corrected chi connectivity index (χ1v) is 11.1. The fraction of sp³-hybridized carbons (Fsp3) is 0.261. The number of anilines is 2. The van der Waals surface area contributed by atoms with E-state index in [1.54, 1.807) is 43.5 Å². The lowest BCUT2D eigenvalue weighted by molar-refractivity contribution is -0.117. The van der Waals surface area contributed by atoms with Crippen molar-refractivity contribution in [2.24, 2.45) is 0 Å². The van der Waals surface area contributed by atoms with Crippen LogP contribution < -0.4 is 29.6 Å². The standard InChI is InChI=1S/C23H21N3O6S/c1-29-13-4-6-15(17(10-13)30-2)24-22(28)14-5-8-19-20(14)25-23(33-19)26-21(27)12-3-7-16-18(9-12)32-11-31-16/h3-4,6-7,9-10,14H,5,8,11H2,1-2H3,(H,24,28)(H,25,26,27). The lowest BCUT2D eigenvalue weighted by Gasteiger charge is -2.14. The molecule has 9 nitrogen and oxygen atoms in total. The summed E-state index contributed by atoms with van der Waals surface area (Å²) in [5.41, 5.74) is 1.70. The van der Waals surface area contributed by atoms with Crippen LogP contribution in [-0.2, 0) is 11.2 Å². The SMILES string of the molecule is COc1ccc(NC(=O)C2CCc3sc(NC(=O)c4ccc5c(c4)OCO5)nc32)c(OC)c1. The van der Waals surface area contributed by atoms with Gasteiger partial charge in [0.2, 0.25) is 12.7 Å². The number of hydrogen-bond donors (Lipinski definition) is 2. The first-order valence-electron chi connectivity index (χ1n) is 10.3. The molecule has 33 heavy (non-hydrogen) atoms. The Bertz CT molecular complexity index is 1240. The third-order valence-corrected chi connectivity index (χ3v) is 6.60. The first-order chi connectivity index (χ1) is 16.1. The van der Waals surface area contributed by atoms with E-state index < -0.39 is 5.92 Å². The zero-order valence-electron chi connectivity index (χ0n) is 18.0. The largest absolute Gasteiger partial charge is 0.497 e. The molecule has 0 fully saturated rings. The molecule has 2 amide bonds. The van der Waals surface area contributed by atoms with Crippen molar-refractivity contribution in [3.8, 4) is 23.0 Å². The molecule has 2 aromatic carbocycles. The van der Waals surface area contributed by atoms with Crippen LogP contribution in [-0.4, -0.2) is 37.8 Å². The molecule has 0 saturated heterocycles. The maximum absolute atomic E-state index is 13.0. The topological polar surface area (TPSA) is 108 Å². The number of fused-ring (bicyclic) bond motifs is 2. The molecule has 0 radical (unpaired) electrons. The van der Waals surface area contributed by atoms with Crippen molar-refractivity contribution < 1.29 is 28.5 Å². The smallest absolute Gasteiger partial charge is 0.257 e. The molecule has 3 aromatic rings. The summed E-state index contributed by atoms with van der Waals surface area (Å²) in [6.45, 7) is 0.144. The number of carbonyl (C=O) groups excluding carboxylic acids is 2. The van der Waals surface area contributed by atoms with Crippen molar-refractivity contribution in [2.45, 2.75) is 18.8 Å². The molecule has 1 aliphatic heterocycles. The maximum Gasteiger partial charge on any atom is 0.257 e. The minimum absolute atomic E-state index is 0.144. The highest BCUT2D eigenvalue weighted by Gasteiger charge is 2.33. The summed E-state index contributed by atoms with van der Waals surface area (Å²) in [7, 11) is 3.10. The van der Waals surface area contributed by atoms with Gasteiger partial charge in [-0.05, 0) is 43.2 Å². The van der Waals surface area contributed by atoms with E-state index in [1.165, 1.54) is 18.4 Å². The Hall–Kier alpha value is -3.79. The average molecular weight is 468 g/mol. The number of hydrogen-bond acceptors (Lipinski definition) is 8. The predicted octanol–water partition coefficient (Wildman–Crippen LogP) is 3.81. The summed E-state index contributed by atoms with van der Waals surface area (Å²) in [5.74, 6) is 1.42. The monoisotopic (exact) mass is 467 g/mol. The normalized spacial score (nSPS) is 15.6. The Balaban J connectivity index is 1.29. The maximum atomic E-state index is 13.0. The van der Waals surface area contributed by atoms with Gasteiger partial charge in [0, 0.05) is 16.5 Å². The summed E-state index contributed by atoms with van der Waals surface area (Å²) in [5, 5.41) is 6.21. The van der Waals surface area contributed by atoms with E-state index in [0.29, 0.717) is 51.5 Å². The number of rotatable bonds is 6. The van der Waals surface area contributed by atoms with E-state index in [1.807, 2.05) is 0 Å². The summed E-state index contributed by atoms with van der Waals surface area (Å²) in [6.07, 6.45) is 1.39. The van der Waals surface area contributed by atoms with Gasteiger partial charge in [0.1, 0.15) is 11.5 Å². The molecule has 0 spiro atoms. The molecule has 1 atom stereocenters. The molecular formula is C23H21N3O6S. The fourth-order valence-corrected chi connectivity index (χ4v) is 4.90. The third-order valence-electron chi connectivity index (χ3n) is 5.56. The van der Waals surface area contributed by atoms with Crippen molar-refractivity contribution >= 4 is 34.0 Å². The minimum Gasteiger partial charge on any atom is -0.497 e. The number of ether oxygens (including phenoxy) is 4. The minimum atomic E-state index is -0.403. The number of aryl methyl sites for hydroxylation is 1. The van der Waals surface area contributed by atoms with E-state index >= 15 is 0 Å². The number of methoxy groups -OCH3 is 2. The van der Waals surface area contributed by atoms with Crippen molar-refractivity contribution in [1.82, 2.24) is 4.98 Å². The van der Waals surface area contributed by atoms with Crippen molar-refractivity contribution in [3.05, 3.63) is 52.5 Å². The molecule has 1 unspecified atom stereocenters. The van der Waals surface area contributed by atoms with Crippen LogP contribution in [0.2, 0.25) is 0 Å². The number of nitrogens with zero attached hydrogens (tertiary/aromatic N) is 1. The highest BCUT2D eigenvalue weighted by molar-refractivity contribution is 7.16. The molecule has 2 N–H and O–H groups in total. The Kier molecular flexibility index (Phi) is 5.51. The van der Waals surface area contributed by atoms with Crippen LogP contribution in [0.25, 0.3) is 0 Å². The van der Waals surface area contributed by atoms with Gasteiger partial charge in [0.05, 0.1) is 31.5 Å².